The lowest BCUT2D eigenvalue weighted by Crippen LogP contribution is -2.43. The highest BCUT2D eigenvalue weighted by Crippen LogP contribution is 2.23. The number of hydrogen-bond acceptors (Lipinski definition) is 6. The molecule has 152 valence electrons. The Hall–Kier alpha value is -3.00. The molecule has 1 aliphatic rings. The molecule has 0 saturated carbocycles. The monoisotopic (exact) mass is 394 g/mol. The highest BCUT2D eigenvalue weighted by atomic mass is 16.5. The number of amides is 1. The number of hydrogen-bond donors (Lipinski definition) is 1. The quantitative estimate of drug-likeness (QED) is 0.714. The summed E-state index contributed by atoms with van der Waals surface area (Å²) in [6, 6.07) is 8.24. The molecular weight excluding hydrogens is 368 g/mol. The van der Waals surface area contributed by atoms with Gasteiger partial charge in [-0.05, 0) is 39.3 Å². The maximum Gasteiger partial charge on any atom is 0.293 e. The third-order valence-corrected chi connectivity index (χ3v) is 5.63. The smallest absolute Gasteiger partial charge is 0.293 e. The zero-order chi connectivity index (χ0) is 20.5. The topological polar surface area (TPSA) is 84.6 Å². The van der Waals surface area contributed by atoms with Crippen LogP contribution >= 0.6 is 0 Å². The minimum atomic E-state index is -0.153. The first-order chi connectivity index (χ1) is 14.0. The van der Waals surface area contributed by atoms with Crippen LogP contribution in [0.2, 0.25) is 0 Å². The van der Waals surface area contributed by atoms with Crippen molar-refractivity contribution in [2.45, 2.75) is 45.8 Å². The van der Waals surface area contributed by atoms with Gasteiger partial charge < -0.3 is 15.0 Å². The molecule has 1 N–H and O–H groups in total. The molecule has 1 amide bonds. The van der Waals surface area contributed by atoms with E-state index < -0.39 is 0 Å². The summed E-state index contributed by atoms with van der Waals surface area (Å²) in [6.45, 7) is 7.41. The molecule has 8 nitrogen and oxygen atoms in total. The Balaban J connectivity index is 1.45. The van der Waals surface area contributed by atoms with Gasteiger partial charge in [-0.25, -0.2) is 9.50 Å². The van der Waals surface area contributed by atoms with E-state index in [2.05, 4.69) is 40.3 Å². The van der Waals surface area contributed by atoms with E-state index in [4.69, 9.17) is 4.74 Å². The molecule has 3 aromatic rings. The van der Waals surface area contributed by atoms with Crippen LogP contribution in [-0.2, 0) is 6.54 Å². The molecular formula is C21H26N6O2. The largest absolute Gasteiger partial charge is 0.496 e. The lowest BCUT2D eigenvalue weighted by molar-refractivity contribution is 0.0726. The van der Waals surface area contributed by atoms with Crippen molar-refractivity contribution in [3.8, 4) is 5.75 Å². The highest BCUT2D eigenvalue weighted by Gasteiger charge is 2.35. The van der Waals surface area contributed by atoms with Gasteiger partial charge in [0.1, 0.15) is 5.75 Å². The molecule has 8 heteroatoms. The maximum atomic E-state index is 13.0. The van der Waals surface area contributed by atoms with E-state index in [1.54, 1.807) is 17.8 Å². The molecule has 1 fully saturated rings. The van der Waals surface area contributed by atoms with Crippen molar-refractivity contribution in [2.75, 3.05) is 13.7 Å². The van der Waals surface area contributed by atoms with Crippen molar-refractivity contribution in [3.05, 3.63) is 53.1 Å². The number of methoxy groups -OCH3 is 1. The van der Waals surface area contributed by atoms with Crippen LogP contribution in [-0.4, -0.2) is 56.1 Å². The molecule has 0 spiro atoms. The van der Waals surface area contributed by atoms with Gasteiger partial charge in [-0.2, -0.15) is 4.98 Å². The van der Waals surface area contributed by atoms with Crippen LogP contribution in [0, 0.1) is 13.8 Å². The van der Waals surface area contributed by atoms with Crippen LogP contribution < -0.4 is 10.1 Å². The number of benzene rings is 1. The van der Waals surface area contributed by atoms with Crippen molar-refractivity contribution in [1.82, 2.24) is 29.8 Å². The summed E-state index contributed by atoms with van der Waals surface area (Å²) >= 11 is 0. The summed E-state index contributed by atoms with van der Waals surface area (Å²) < 4.78 is 7.07. The van der Waals surface area contributed by atoms with Crippen molar-refractivity contribution in [3.63, 3.8) is 0 Å². The van der Waals surface area contributed by atoms with Gasteiger partial charge in [-0.1, -0.05) is 17.7 Å². The Morgan fingerprint density at radius 3 is 2.90 bits per heavy atom. The number of aromatic nitrogens is 4. The summed E-state index contributed by atoms with van der Waals surface area (Å²) in [6.07, 6.45) is 2.55. The van der Waals surface area contributed by atoms with Crippen LogP contribution in [0.4, 0.5) is 0 Å². The minimum Gasteiger partial charge on any atom is -0.496 e. The van der Waals surface area contributed by atoms with Crippen LogP contribution in [0.3, 0.4) is 0 Å². The Bertz CT molecular complexity index is 1050. The van der Waals surface area contributed by atoms with Gasteiger partial charge in [0.05, 0.1) is 7.11 Å². The van der Waals surface area contributed by atoms with E-state index in [0.717, 1.165) is 23.4 Å². The molecule has 3 heterocycles. The summed E-state index contributed by atoms with van der Waals surface area (Å²) in [5.41, 5.74) is 3.21. The van der Waals surface area contributed by atoms with Crippen LogP contribution in [0.15, 0.2) is 30.5 Å². The van der Waals surface area contributed by atoms with Crippen molar-refractivity contribution < 1.29 is 9.53 Å². The standard InChI is InChI=1S/C21H26N6O2/c1-13-5-6-18(29-4)16(11-13)12-23-17-8-10-26(15(17)3)20(28)19-24-21-22-9-7-14(2)27(21)25-19/h5-7,9,11,15,17,23H,8,10,12H2,1-4H3. The lowest BCUT2D eigenvalue weighted by atomic mass is 10.1. The fraction of sp³-hybridized carbons (Fsp3) is 0.429. The average molecular weight is 394 g/mol. The zero-order valence-corrected chi connectivity index (χ0v) is 17.2. The second-order valence-corrected chi connectivity index (χ2v) is 7.56. The number of fused-ring (bicyclic) bond motifs is 1. The number of nitrogens with zero attached hydrogens (tertiary/aromatic N) is 5. The second-order valence-electron chi connectivity index (χ2n) is 7.56. The predicted octanol–water partition coefficient (Wildman–Crippen LogP) is 2.14. The summed E-state index contributed by atoms with van der Waals surface area (Å²) in [4.78, 5) is 23.4. The van der Waals surface area contributed by atoms with E-state index in [1.165, 1.54) is 5.56 Å². The van der Waals surface area contributed by atoms with E-state index in [9.17, 15) is 4.79 Å². The first-order valence-corrected chi connectivity index (χ1v) is 9.84. The molecule has 1 saturated heterocycles. The van der Waals surface area contributed by atoms with E-state index in [-0.39, 0.29) is 23.8 Å². The number of ether oxygens (including phenoxy) is 1. The van der Waals surface area contributed by atoms with Crippen molar-refractivity contribution in [1.29, 1.82) is 0 Å². The molecule has 4 rings (SSSR count). The van der Waals surface area contributed by atoms with E-state index >= 15 is 0 Å². The van der Waals surface area contributed by atoms with Crippen LogP contribution in [0.1, 0.15) is 40.8 Å². The summed E-state index contributed by atoms with van der Waals surface area (Å²) in [5, 5.41) is 7.95. The van der Waals surface area contributed by atoms with E-state index in [1.807, 2.05) is 30.0 Å². The summed E-state index contributed by atoms with van der Waals surface area (Å²) in [7, 11) is 1.69. The highest BCUT2D eigenvalue weighted by molar-refractivity contribution is 5.91. The SMILES string of the molecule is COc1ccc(C)cc1CNC1CCN(C(=O)c2nc3nccc(C)n3n2)C1C. The van der Waals surface area contributed by atoms with Gasteiger partial charge in [-0.15, -0.1) is 5.10 Å². The molecule has 0 radical (unpaired) electrons. The van der Waals surface area contributed by atoms with Crippen molar-refractivity contribution in [2.24, 2.45) is 0 Å². The number of likely N-dealkylation sites (tertiary alicyclic amines) is 1. The number of aryl methyl sites for hydroxylation is 2. The maximum absolute atomic E-state index is 13.0. The Morgan fingerprint density at radius 1 is 1.31 bits per heavy atom. The second kappa shape index (κ2) is 7.79. The van der Waals surface area contributed by atoms with Crippen LogP contribution in [0.5, 0.6) is 5.75 Å². The third-order valence-electron chi connectivity index (χ3n) is 5.63. The number of carbonyl (C=O) groups is 1. The third kappa shape index (κ3) is 3.67. The Morgan fingerprint density at radius 2 is 2.14 bits per heavy atom. The Kier molecular flexibility index (Phi) is 5.19. The lowest BCUT2D eigenvalue weighted by Gasteiger charge is -2.24. The number of rotatable bonds is 5. The fourth-order valence-electron chi connectivity index (χ4n) is 3.91. The molecule has 0 bridgehead atoms. The van der Waals surface area contributed by atoms with Crippen molar-refractivity contribution >= 4 is 11.7 Å². The zero-order valence-electron chi connectivity index (χ0n) is 17.2. The average Bonchev–Trinajstić information content (AvgIpc) is 3.31. The molecule has 29 heavy (non-hydrogen) atoms. The molecule has 2 unspecified atom stereocenters. The molecule has 1 aromatic carbocycles. The molecule has 2 atom stereocenters. The molecule has 1 aliphatic heterocycles. The van der Waals surface area contributed by atoms with Gasteiger partial charge >= 0.3 is 0 Å². The minimum absolute atomic E-state index is 0.0407. The van der Waals surface area contributed by atoms with Gasteiger partial charge in [0.15, 0.2) is 0 Å². The van der Waals surface area contributed by atoms with Gasteiger partial charge in [0.25, 0.3) is 11.7 Å². The van der Waals surface area contributed by atoms with E-state index in [0.29, 0.717) is 18.9 Å². The number of carbonyl (C=O) groups excluding carboxylic acids is 1. The normalized spacial score (nSPS) is 19.1. The summed E-state index contributed by atoms with van der Waals surface area (Å²) in [5.74, 6) is 1.36. The van der Waals surface area contributed by atoms with Crippen LogP contribution in [0.25, 0.3) is 5.78 Å². The predicted molar refractivity (Wildman–Crippen MR) is 109 cm³/mol. The first kappa shape index (κ1) is 19.3. The van der Waals surface area contributed by atoms with Gasteiger partial charge in [0.2, 0.25) is 5.82 Å². The first-order valence-electron chi connectivity index (χ1n) is 9.84. The van der Waals surface area contributed by atoms with Gasteiger partial charge in [-0.3, -0.25) is 4.79 Å². The fourth-order valence-corrected chi connectivity index (χ4v) is 3.91. The Labute approximate surface area is 169 Å². The number of nitrogens with one attached hydrogen (secondary N) is 1. The molecule has 0 aliphatic carbocycles. The molecule has 2 aromatic heterocycles. The van der Waals surface area contributed by atoms with Gasteiger partial charge in [0, 0.05) is 42.6 Å².